The van der Waals surface area contributed by atoms with Crippen molar-refractivity contribution >= 4 is 11.8 Å². The highest BCUT2D eigenvalue weighted by molar-refractivity contribution is 6.21. The van der Waals surface area contributed by atoms with Crippen LogP contribution in [0.4, 0.5) is 0 Å². The number of fused-ring (bicyclic) bond motifs is 1. The molecule has 5 nitrogen and oxygen atoms in total. The van der Waals surface area contributed by atoms with Crippen LogP contribution in [0.5, 0.6) is 0 Å². The lowest BCUT2D eigenvalue weighted by atomic mass is 10.1. The van der Waals surface area contributed by atoms with Crippen LogP contribution in [0, 0.1) is 0 Å². The second kappa shape index (κ2) is 7.42. The lowest BCUT2D eigenvalue weighted by Gasteiger charge is -2.25. The van der Waals surface area contributed by atoms with Crippen molar-refractivity contribution in [2.45, 2.75) is 18.8 Å². The van der Waals surface area contributed by atoms with Crippen LogP contribution in [-0.2, 0) is 11.3 Å². The van der Waals surface area contributed by atoms with Gasteiger partial charge in [0.2, 0.25) is 0 Å². The fraction of sp³-hybridized carbons (Fsp3) is 0.200. The van der Waals surface area contributed by atoms with Gasteiger partial charge in [0.25, 0.3) is 11.8 Å². The third-order valence-corrected chi connectivity index (χ3v) is 4.17. The van der Waals surface area contributed by atoms with Crippen LogP contribution < -0.4 is 0 Å². The van der Waals surface area contributed by atoms with Gasteiger partial charge in [-0.3, -0.25) is 14.5 Å². The Kier molecular flexibility index (Phi) is 5.07. The zero-order valence-corrected chi connectivity index (χ0v) is 13.7. The number of hydrogen-bond donors (Lipinski definition) is 1. The number of hydrogen-bond acceptors (Lipinski definition) is 4. The van der Waals surface area contributed by atoms with Gasteiger partial charge in [-0.25, -0.2) is 0 Å². The molecular formula is C20H19NO4. The van der Waals surface area contributed by atoms with E-state index in [2.05, 4.69) is 6.58 Å². The molecule has 1 aliphatic heterocycles. The maximum absolute atomic E-state index is 12.5. The number of nitrogens with zero attached hydrogens (tertiary/aromatic N) is 1. The lowest BCUT2D eigenvalue weighted by molar-refractivity contribution is -0.0369. The highest BCUT2D eigenvalue weighted by atomic mass is 16.5. The third-order valence-electron chi connectivity index (χ3n) is 4.17. The van der Waals surface area contributed by atoms with Crippen molar-refractivity contribution in [3.05, 3.63) is 83.9 Å². The van der Waals surface area contributed by atoms with Gasteiger partial charge in [0.05, 0.1) is 30.4 Å². The molecule has 5 heteroatoms. The third kappa shape index (κ3) is 3.52. The van der Waals surface area contributed by atoms with Crippen molar-refractivity contribution < 1.29 is 19.4 Å². The Morgan fingerprint density at radius 2 is 1.56 bits per heavy atom. The van der Waals surface area contributed by atoms with Gasteiger partial charge in [0.1, 0.15) is 6.10 Å². The summed E-state index contributed by atoms with van der Waals surface area (Å²) in [6, 6.07) is 16.2. The molecule has 0 aliphatic carbocycles. The summed E-state index contributed by atoms with van der Waals surface area (Å²) in [5, 5.41) is 10.2. The Morgan fingerprint density at radius 1 is 1.00 bits per heavy atom. The van der Waals surface area contributed by atoms with Crippen LogP contribution in [0.2, 0.25) is 0 Å². The topological polar surface area (TPSA) is 66.8 Å². The molecule has 0 saturated heterocycles. The Balaban J connectivity index is 1.74. The standard InChI is InChI=1S/C20H19NO4/c1-2-17(22)18(25-13-14-8-4-3-5-9-14)12-21-19(23)15-10-6-7-11-16(15)20(21)24/h2-11,17-18,22H,1,12-13H2/t17-,18-/m1/s1. The summed E-state index contributed by atoms with van der Waals surface area (Å²) in [6.07, 6.45) is -0.402. The van der Waals surface area contributed by atoms with Gasteiger partial charge in [-0.2, -0.15) is 0 Å². The normalized spacial score (nSPS) is 15.8. The van der Waals surface area contributed by atoms with Crippen LogP contribution in [0.1, 0.15) is 26.3 Å². The first-order valence-electron chi connectivity index (χ1n) is 8.03. The van der Waals surface area contributed by atoms with Crippen molar-refractivity contribution in [2.24, 2.45) is 0 Å². The summed E-state index contributed by atoms with van der Waals surface area (Å²) < 4.78 is 5.77. The quantitative estimate of drug-likeness (QED) is 0.622. The Bertz CT molecular complexity index is 752. The summed E-state index contributed by atoms with van der Waals surface area (Å²) in [4.78, 5) is 26.1. The summed E-state index contributed by atoms with van der Waals surface area (Å²) in [5.41, 5.74) is 1.69. The molecule has 0 radical (unpaired) electrons. The van der Waals surface area contributed by atoms with E-state index in [4.69, 9.17) is 4.74 Å². The lowest BCUT2D eigenvalue weighted by Crippen LogP contribution is -2.42. The predicted octanol–water partition coefficient (Wildman–Crippen LogP) is 2.41. The highest BCUT2D eigenvalue weighted by Crippen LogP contribution is 2.23. The minimum Gasteiger partial charge on any atom is -0.386 e. The second-order valence-electron chi connectivity index (χ2n) is 5.83. The smallest absolute Gasteiger partial charge is 0.261 e. The Hall–Kier alpha value is -2.76. The number of imide groups is 1. The average Bonchev–Trinajstić information content (AvgIpc) is 2.90. The zero-order chi connectivity index (χ0) is 17.8. The van der Waals surface area contributed by atoms with E-state index in [1.165, 1.54) is 6.08 Å². The maximum atomic E-state index is 12.5. The van der Waals surface area contributed by atoms with Gasteiger partial charge in [-0.1, -0.05) is 48.5 Å². The van der Waals surface area contributed by atoms with Gasteiger partial charge in [0, 0.05) is 0 Å². The summed E-state index contributed by atoms with van der Waals surface area (Å²) in [7, 11) is 0. The number of rotatable bonds is 7. The Labute approximate surface area is 146 Å². The molecule has 2 aromatic rings. The van der Waals surface area contributed by atoms with Crippen LogP contribution in [-0.4, -0.2) is 40.6 Å². The number of ether oxygens (including phenoxy) is 1. The molecule has 1 N–H and O–H groups in total. The fourth-order valence-electron chi connectivity index (χ4n) is 2.77. The first kappa shape index (κ1) is 17.1. The van der Waals surface area contributed by atoms with Gasteiger partial charge in [-0.05, 0) is 17.7 Å². The van der Waals surface area contributed by atoms with Crippen molar-refractivity contribution in [1.82, 2.24) is 4.90 Å². The number of amides is 2. The molecule has 2 amide bonds. The first-order chi connectivity index (χ1) is 12.1. The molecule has 25 heavy (non-hydrogen) atoms. The first-order valence-corrected chi connectivity index (χ1v) is 8.03. The number of carbonyl (C=O) groups excluding carboxylic acids is 2. The van der Waals surface area contributed by atoms with E-state index in [1.807, 2.05) is 30.3 Å². The minimum absolute atomic E-state index is 0.0354. The molecule has 1 heterocycles. The number of aliphatic hydroxyl groups excluding tert-OH is 1. The van der Waals surface area contributed by atoms with E-state index in [1.54, 1.807) is 24.3 Å². The molecule has 0 saturated carbocycles. The Morgan fingerprint density at radius 3 is 2.12 bits per heavy atom. The molecule has 1 aliphatic rings. The zero-order valence-electron chi connectivity index (χ0n) is 13.7. The molecule has 2 aromatic carbocycles. The SMILES string of the molecule is C=C[C@@H](O)[C@@H](CN1C(=O)c2ccccc2C1=O)OCc1ccccc1. The van der Waals surface area contributed by atoms with Crippen LogP contribution >= 0.6 is 0 Å². The van der Waals surface area contributed by atoms with E-state index < -0.39 is 12.2 Å². The van der Waals surface area contributed by atoms with Crippen LogP contribution in [0.25, 0.3) is 0 Å². The average molecular weight is 337 g/mol. The van der Waals surface area contributed by atoms with Gasteiger partial charge >= 0.3 is 0 Å². The fourth-order valence-corrected chi connectivity index (χ4v) is 2.77. The summed E-state index contributed by atoms with van der Waals surface area (Å²) >= 11 is 0. The maximum Gasteiger partial charge on any atom is 0.261 e. The minimum atomic E-state index is -0.993. The van der Waals surface area contributed by atoms with Crippen molar-refractivity contribution in [1.29, 1.82) is 0 Å². The number of benzene rings is 2. The predicted molar refractivity (Wildman–Crippen MR) is 93.0 cm³/mol. The van der Waals surface area contributed by atoms with Crippen LogP contribution in [0.15, 0.2) is 67.3 Å². The highest BCUT2D eigenvalue weighted by Gasteiger charge is 2.37. The number of carbonyl (C=O) groups is 2. The van der Waals surface area contributed by atoms with Gasteiger partial charge < -0.3 is 9.84 Å². The van der Waals surface area contributed by atoms with E-state index in [-0.39, 0.29) is 25.0 Å². The van der Waals surface area contributed by atoms with Crippen molar-refractivity contribution in [3.8, 4) is 0 Å². The van der Waals surface area contributed by atoms with E-state index in [0.717, 1.165) is 10.5 Å². The molecular weight excluding hydrogens is 318 g/mol. The molecule has 2 atom stereocenters. The molecule has 0 unspecified atom stereocenters. The monoisotopic (exact) mass is 337 g/mol. The molecule has 0 fully saturated rings. The van der Waals surface area contributed by atoms with Crippen molar-refractivity contribution in [3.63, 3.8) is 0 Å². The molecule has 0 bridgehead atoms. The largest absolute Gasteiger partial charge is 0.386 e. The number of aliphatic hydroxyl groups is 1. The second-order valence-corrected chi connectivity index (χ2v) is 5.83. The van der Waals surface area contributed by atoms with Gasteiger partial charge in [-0.15, -0.1) is 6.58 Å². The van der Waals surface area contributed by atoms with Crippen LogP contribution in [0.3, 0.4) is 0 Å². The van der Waals surface area contributed by atoms with Crippen molar-refractivity contribution in [2.75, 3.05) is 6.54 Å². The van der Waals surface area contributed by atoms with Gasteiger partial charge in [0.15, 0.2) is 0 Å². The van der Waals surface area contributed by atoms with E-state index in [9.17, 15) is 14.7 Å². The molecule has 0 aromatic heterocycles. The molecule has 3 rings (SSSR count). The summed E-state index contributed by atoms with van der Waals surface area (Å²) in [6.45, 7) is 3.80. The molecule has 128 valence electrons. The van der Waals surface area contributed by atoms with E-state index >= 15 is 0 Å². The summed E-state index contributed by atoms with van der Waals surface area (Å²) in [5.74, 6) is -0.740. The van der Waals surface area contributed by atoms with E-state index in [0.29, 0.717) is 11.1 Å². The molecule has 0 spiro atoms.